The molecule has 0 aliphatic carbocycles. The largest absolute Gasteiger partial charge is 0.457 e. The van der Waals surface area contributed by atoms with Crippen molar-refractivity contribution in [2.24, 2.45) is 0 Å². The van der Waals surface area contributed by atoms with Crippen LogP contribution in [-0.2, 0) is 0 Å². The summed E-state index contributed by atoms with van der Waals surface area (Å²) in [6, 6.07) is 32.0. The van der Waals surface area contributed by atoms with Crippen molar-refractivity contribution in [3.05, 3.63) is 115 Å². The maximum absolute atomic E-state index is 5.95. The molecule has 2 heterocycles. The minimum absolute atomic E-state index is 0.697. The lowest BCUT2D eigenvalue weighted by Gasteiger charge is -2.11. The van der Waals surface area contributed by atoms with Crippen LogP contribution in [0.5, 0.6) is 11.5 Å². The number of imidazole rings is 1. The summed E-state index contributed by atoms with van der Waals surface area (Å²) in [6.07, 6.45) is 2.04. The molecule has 0 bridgehead atoms. The fourth-order valence-electron chi connectivity index (χ4n) is 3.73. The molecular weight excluding hydrogens is 408 g/mol. The lowest BCUT2D eigenvalue weighted by Crippen LogP contribution is -2.03. The SMILES string of the molecule is Cc1cc(C)nc(Nc2nc(-c3ccccc3)cn2-c2ccc(Oc3ccccc3)cc2)c1. The Morgan fingerprint density at radius 1 is 0.727 bits per heavy atom. The number of aromatic nitrogens is 3. The number of pyridine rings is 1. The third-order valence-corrected chi connectivity index (χ3v) is 5.21. The maximum atomic E-state index is 5.95. The third kappa shape index (κ3) is 4.77. The smallest absolute Gasteiger partial charge is 0.213 e. The first kappa shape index (κ1) is 20.5. The van der Waals surface area contributed by atoms with Crippen molar-refractivity contribution < 1.29 is 4.74 Å². The number of para-hydroxylation sites is 1. The average molecular weight is 433 g/mol. The standard InChI is InChI=1S/C28H24N4O/c1-20-17-21(2)29-27(18-20)31-28-30-26(22-9-5-3-6-10-22)19-32(28)23-13-15-25(16-14-23)33-24-11-7-4-8-12-24/h3-19H,1-2H3,(H,29,30,31). The van der Waals surface area contributed by atoms with Gasteiger partial charge >= 0.3 is 0 Å². The predicted molar refractivity (Wildman–Crippen MR) is 133 cm³/mol. The first-order valence-electron chi connectivity index (χ1n) is 10.8. The van der Waals surface area contributed by atoms with Crippen molar-refractivity contribution in [2.75, 3.05) is 5.32 Å². The van der Waals surface area contributed by atoms with Crippen LogP contribution in [0.2, 0.25) is 0 Å². The zero-order valence-corrected chi connectivity index (χ0v) is 18.6. The van der Waals surface area contributed by atoms with Crippen molar-refractivity contribution in [3.8, 4) is 28.4 Å². The Morgan fingerprint density at radius 2 is 1.39 bits per heavy atom. The van der Waals surface area contributed by atoms with Crippen LogP contribution >= 0.6 is 0 Å². The summed E-state index contributed by atoms with van der Waals surface area (Å²) in [4.78, 5) is 9.50. The van der Waals surface area contributed by atoms with Crippen LogP contribution in [-0.4, -0.2) is 14.5 Å². The molecule has 0 unspecified atom stereocenters. The molecular formula is C28H24N4O. The molecule has 0 fully saturated rings. The number of hydrogen-bond donors (Lipinski definition) is 1. The minimum atomic E-state index is 0.697. The highest BCUT2D eigenvalue weighted by Gasteiger charge is 2.13. The van der Waals surface area contributed by atoms with Gasteiger partial charge in [-0.05, 0) is 67.9 Å². The van der Waals surface area contributed by atoms with Crippen LogP contribution in [0.15, 0.2) is 103 Å². The molecule has 162 valence electrons. The number of benzene rings is 3. The van der Waals surface area contributed by atoms with E-state index in [1.807, 2.05) is 96.6 Å². The van der Waals surface area contributed by atoms with Crippen LogP contribution in [0, 0.1) is 13.8 Å². The molecule has 0 saturated carbocycles. The number of anilines is 2. The van der Waals surface area contributed by atoms with E-state index in [4.69, 9.17) is 9.72 Å². The van der Waals surface area contributed by atoms with Gasteiger partial charge < -0.3 is 10.1 Å². The van der Waals surface area contributed by atoms with Crippen molar-refractivity contribution in [2.45, 2.75) is 13.8 Å². The van der Waals surface area contributed by atoms with Gasteiger partial charge in [-0.15, -0.1) is 0 Å². The van der Waals surface area contributed by atoms with Gasteiger partial charge in [0.15, 0.2) is 0 Å². The molecule has 33 heavy (non-hydrogen) atoms. The zero-order valence-electron chi connectivity index (χ0n) is 18.6. The van der Waals surface area contributed by atoms with E-state index in [0.717, 1.165) is 45.5 Å². The first-order valence-corrected chi connectivity index (χ1v) is 10.8. The van der Waals surface area contributed by atoms with Gasteiger partial charge in [0.2, 0.25) is 5.95 Å². The zero-order chi connectivity index (χ0) is 22.6. The fraction of sp³-hybridized carbons (Fsp3) is 0.0714. The van der Waals surface area contributed by atoms with E-state index in [0.29, 0.717) is 5.95 Å². The molecule has 5 nitrogen and oxygen atoms in total. The van der Waals surface area contributed by atoms with E-state index >= 15 is 0 Å². The fourth-order valence-corrected chi connectivity index (χ4v) is 3.73. The van der Waals surface area contributed by atoms with Crippen molar-refractivity contribution in [3.63, 3.8) is 0 Å². The van der Waals surface area contributed by atoms with Crippen molar-refractivity contribution in [1.82, 2.24) is 14.5 Å². The van der Waals surface area contributed by atoms with Crippen molar-refractivity contribution in [1.29, 1.82) is 0 Å². The molecule has 0 aliphatic rings. The third-order valence-electron chi connectivity index (χ3n) is 5.21. The second kappa shape index (κ2) is 9.01. The van der Waals surface area contributed by atoms with Crippen LogP contribution in [0.3, 0.4) is 0 Å². The van der Waals surface area contributed by atoms with Gasteiger partial charge in [-0.25, -0.2) is 9.97 Å². The maximum Gasteiger partial charge on any atom is 0.213 e. The summed E-state index contributed by atoms with van der Waals surface area (Å²) in [6.45, 7) is 4.05. The second-order valence-corrected chi connectivity index (χ2v) is 7.89. The van der Waals surface area contributed by atoms with Gasteiger partial charge in [0.05, 0.1) is 5.69 Å². The van der Waals surface area contributed by atoms with Crippen LogP contribution in [0.4, 0.5) is 11.8 Å². The Morgan fingerprint density at radius 3 is 2.09 bits per heavy atom. The summed E-state index contributed by atoms with van der Waals surface area (Å²) in [5.74, 6) is 3.05. The number of rotatable bonds is 6. The summed E-state index contributed by atoms with van der Waals surface area (Å²) < 4.78 is 7.98. The Kier molecular flexibility index (Phi) is 5.60. The molecule has 0 spiro atoms. The van der Waals surface area contributed by atoms with E-state index in [2.05, 4.69) is 35.4 Å². The monoisotopic (exact) mass is 432 g/mol. The molecule has 5 rings (SSSR count). The highest BCUT2D eigenvalue weighted by atomic mass is 16.5. The molecule has 0 radical (unpaired) electrons. The molecule has 3 aromatic carbocycles. The normalized spacial score (nSPS) is 10.7. The molecule has 0 amide bonds. The molecule has 0 atom stereocenters. The highest BCUT2D eigenvalue weighted by Crippen LogP contribution is 2.28. The molecule has 0 saturated heterocycles. The number of nitrogens with zero attached hydrogens (tertiary/aromatic N) is 3. The van der Waals surface area contributed by atoms with Gasteiger partial charge in [0.1, 0.15) is 17.3 Å². The lowest BCUT2D eigenvalue weighted by atomic mass is 10.2. The summed E-state index contributed by atoms with van der Waals surface area (Å²) >= 11 is 0. The predicted octanol–water partition coefficient (Wildman–Crippen LogP) is 7.09. The first-order chi connectivity index (χ1) is 16.1. The Labute approximate surface area is 193 Å². The van der Waals surface area contributed by atoms with E-state index in [1.165, 1.54) is 0 Å². The van der Waals surface area contributed by atoms with Crippen LogP contribution < -0.4 is 10.1 Å². The Balaban J connectivity index is 1.50. The number of nitrogens with one attached hydrogen (secondary N) is 1. The quantitative estimate of drug-likeness (QED) is 0.311. The van der Waals surface area contributed by atoms with Gasteiger partial charge in [0.25, 0.3) is 0 Å². The van der Waals surface area contributed by atoms with E-state index in [1.54, 1.807) is 0 Å². The molecule has 2 aromatic heterocycles. The van der Waals surface area contributed by atoms with Gasteiger partial charge in [0, 0.05) is 23.1 Å². The number of hydrogen-bond acceptors (Lipinski definition) is 4. The number of ether oxygens (including phenoxy) is 1. The average Bonchev–Trinajstić information content (AvgIpc) is 3.24. The van der Waals surface area contributed by atoms with Gasteiger partial charge in [-0.2, -0.15) is 0 Å². The topological polar surface area (TPSA) is 52.0 Å². The summed E-state index contributed by atoms with van der Waals surface area (Å²) in [5, 5.41) is 3.41. The molecule has 1 N–H and O–H groups in total. The van der Waals surface area contributed by atoms with E-state index in [-0.39, 0.29) is 0 Å². The molecule has 5 aromatic rings. The van der Waals surface area contributed by atoms with Crippen LogP contribution in [0.1, 0.15) is 11.3 Å². The summed E-state index contributed by atoms with van der Waals surface area (Å²) in [5.41, 5.74) is 5.01. The molecule has 5 heteroatoms. The molecule has 0 aliphatic heterocycles. The Hall–Kier alpha value is -4.38. The number of aryl methyl sites for hydroxylation is 2. The second-order valence-electron chi connectivity index (χ2n) is 7.89. The Bertz CT molecular complexity index is 1340. The van der Waals surface area contributed by atoms with E-state index in [9.17, 15) is 0 Å². The minimum Gasteiger partial charge on any atom is -0.457 e. The van der Waals surface area contributed by atoms with Gasteiger partial charge in [-0.3, -0.25) is 4.57 Å². The lowest BCUT2D eigenvalue weighted by molar-refractivity contribution is 0.482. The highest BCUT2D eigenvalue weighted by molar-refractivity contribution is 5.64. The van der Waals surface area contributed by atoms with Crippen LogP contribution in [0.25, 0.3) is 16.9 Å². The summed E-state index contributed by atoms with van der Waals surface area (Å²) in [7, 11) is 0. The van der Waals surface area contributed by atoms with Gasteiger partial charge in [-0.1, -0.05) is 48.5 Å². The van der Waals surface area contributed by atoms with Crippen molar-refractivity contribution >= 4 is 11.8 Å². The van der Waals surface area contributed by atoms with E-state index < -0.39 is 0 Å².